The Kier molecular flexibility index (Phi) is 6.68. The number of allylic oxidation sites excluding steroid dienone is 2. The van der Waals surface area contributed by atoms with Gasteiger partial charge >= 0.3 is 5.63 Å². The van der Waals surface area contributed by atoms with Crippen LogP contribution in [0.3, 0.4) is 0 Å². The summed E-state index contributed by atoms with van der Waals surface area (Å²) in [5.41, 5.74) is 2.06. The molecule has 1 N–H and O–H groups in total. The van der Waals surface area contributed by atoms with E-state index in [4.69, 9.17) is 14.9 Å². The number of rotatable bonds is 6. The summed E-state index contributed by atoms with van der Waals surface area (Å²) in [5.74, 6) is 0. The molecular formula is C24H21N3O5S. The van der Waals surface area contributed by atoms with E-state index in [-0.39, 0.29) is 21.6 Å². The van der Waals surface area contributed by atoms with E-state index in [2.05, 4.69) is 0 Å². The third-order valence-electron chi connectivity index (χ3n) is 5.37. The van der Waals surface area contributed by atoms with Gasteiger partial charge in [0.25, 0.3) is 10.1 Å². The third-order valence-corrected chi connectivity index (χ3v) is 6.33. The molecule has 3 aromatic rings. The monoisotopic (exact) mass is 463 g/mol. The molecule has 0 aliphatic heterocycles. The van der Waals surface area contributed by atoms with E-state index in [9.17, 15) is 17.8 Å². The number of fused-ring (bicyclic) bond motifs is 1. The normalized spacial score (nSPS) is 11.0. The zero-order valence-corrected chi connectivity index (χ0v) is 19.1. The number of hydrogen-bond donors (Lipinski definition) is 1. The summed E-state index contributed by atoms with van der Waals surface area (Å²) in [7, 11) is -2.51. The zero-order chi connectivity index (χ0) is 24.3. The van der Waals surface area contributed by atoms with Crippen LogP contribution in [0.15, 0.2) is 62.1 Å². The van der Waals surface area contributed by atoms with Crippen molar-refractivity contribution in [2.24, 2.45) is 0 Å². The van der Waals surface area contributed by atoms with E-state index in [1.54, 1.807) is 42.5 Å². The van der Waals surface area contributed by atoms with Gasteiger partial charge in [0.15, 0.2) is 0 Å². The molecule has 168 valence electrons. The number of nitrogens with zero attached hydrogens (tertiary/aromatic N) is 3. The van der Waals surface area contributed by atoms with Crippen LogP contribution in [0.4, 0.5) is 5.69 Å². The smallest absolute Gasteiger partial charge is 0.343 e. The zero-order valence-electron chi connectivity index (χ0n) is 18.3. The van der Waals surface area contributed by atoms with Crippen molar-refractivity contribution in [1.82, 2.24) is 0 Å². The fourth-order valence-corrected chi connectivity index (χ4v) is 4.23. The van der Waals surface area contributed by atoms with Gasteiger partial charge in [-0.05, 0) is 55.7 Å². The van der Waals surface area contributed by atoms with Gasteiger partial charge < -0.3 is 9.32 Å². The van der Waals surface area contributed by atoms with Crippen LogP contribution in [0.25, 0.3) is 16.5 Å². The second-order valence-corrected chi connectivity index (χ2v) is 9.04. The highest BCUT2D eigenvalue weighted by atomic mass is 32.2. The van der Waals surface area contributed by atoms with Gasteiger partial charge in [-0.1, -0.05) is 17.7 Å². The van der Waals surface area contributed by atoms with Crippen LogP contribution in [0.2, 0.25) is 0 Å². The largest absolute Gasteiger partial charge is 0.422 e. The van der Waals surface area contributed by atoms with Gasteiger partial charge in [0.1, 0.15) is 23.3 Å². The Morgan fingerprint density at radius 3 is 2.45 bits per heavy atom. The first-order valence-corrected chi connectivity index (χ1v) is 11.4. The van der Waals surface area contributed by atoms with Crippen molar-refractivity contribution in [2.75, 3.05) is 18.5 Å². The van der Waals surface area contributed by atoms with Crippen LogP contribution < -0.4 is 10.5 Å². The van der Waals surface area contributed by atoms with Gasteiger partial charge in [-0.25, -0.2) is 4.79 Å². The van der Waals surface area contributed by atoms with Gasteiger partial charge in [0, 0.05) is 30.7 Å². The highest BCUT2D eigenvalue weighted by molar-refractivity contribution is 7.85. The first-order valence-electron chi connectivity index (χ1n) is 9.92. The lowest BCUT2D eigenvalue weighted by molar-refractivity contribution is 0.482. The molecule has 0 spiro atoms. The molecule has 0 unspecified atom stereocenters. The first kappa shape index (κ1) is 23.7. The van der Waals surface area contributed by atoms with Crippen molar-refractivity contribution >= 4 is 32.3 Å². The molecule has 33 heavy (non-hydrogen) atoms. The van der Waals surface area contributed by atoms with E-state index in [1.165, 1.54) is 13.0 Å². The minimum atomic E-state index is -4.33. The Bertz CT molecular complexity index is 1510. The molecule has 9 heteroatoms. The molecule has 0 aliphatic carbocycles. The van der Waals surface area contributed by atoms with Gasteiger partial charge in [-0.15, -0.1) is 0 Å². The third kappa shape index (κ3) is 5.12. The van der Waals surface area contributed by atoms with Gasteiger partial charge in [0.2, 0.25) is 0 Å². The van der Waals surface area contributed by atoms with Crippen LogP contribution in [0.1, 0.15) is 23.6 Å². The van der Waals surface area contributed by atoms with Crippen molar-refractivity contribution in [1.29, 1.82) is 10.5 Å². The lowest BCUT2D eigenvalue weighted by atomic mass is 10.0. The summed E-state index contributed by atoms with van der Waals surface area (Å²) >= 11 is 0. The molecule has 3 rings (SSSR count). The fraction of sp³-hybridized carbons (Fsp3) is 0.208. The van der Waals surface area contributed by atoms with Crippen molar-refractivity contribution in [2.45, 2.75) is 25.2 Å². The number of nitriles is 2. The number of benzene rings is 2. The Balaban J connectivity index is 1.91. The van der Waals surface area contributed by atoms with Crippen molar-refractivity contribution in [3.63, 3.8) is 0 Å². The lowest BCUT2D eigenvalue weighted by Crippen LogP contribution is -2.21. The minimum Gasteiger partial charge on any atom is -0.422 e. The summed E-state index contributed by atoms with van der Waals surface area (Å²) in [6.45, 7) is 3.80. The molecule has 0 amide bonds. The molecule has 0 fully saturated rings. The maximum absolute atomic E-state index is 12.5. The molecule has 0 saturated heterocycles. The SMILES string of the molecule is CC(=C(C#N)C#N)c1cc2ccc(N(C)CCc3cc(C)ccc3S(=O)(=O)O)cc2oc1=O. The molecule has 1 aromatic heterocycles. The molecule has 1 heterocycles. The average Bonchev–Trinajstić information content (AvgIpc) is 2.76. The number of hydrogen-bond acceptors (Lipinski definition) is 7. The number of anilines is 1. The Labute approximate surface area is 191 Å². The molecule has 0 radical (unpaired) electrons. The molecule has 0 bridgehead atoms. The van der Waals surface area contributed by atoms with Crippen molar-refractivity contribution in [3.05, 3.63) is 75.1 Å². The summed E-state index contributed by atoms with van der Waals surface area (Å²) in [5, 5.41) is 18.7. The van der Waals surface area contributed by atoms with Crippen LogP contribution in [-0.4, -0.2) is 26.6 Å². The van der Waals surface area contributed by atoms with Gasteiger partial charge in [-0.3, -0.25) is 4.55 Å². The first-order chi connectivity index (χ1) is 15.5. The van der Waals surface area contributed by atoms with E-state index in [0.717, 1.165) is 11.3 Å². The van der Waals surface area contributed by atoms with Gasteiger partial charge in [-0.2, -0.15) is 18.9 Å². The molecule has 2 aromatic carbocycles. The van der Waals surface area contributed by atoms with Gasteiger partial charge in [0.05, 0.1) is 10.5 Å². The van der Waals surface area contributed by atoms with E-state index in [1.807, 2.05) is 24.9 Å². The Morgan fingerprint density at radius 2 is 1.82 bits per heavy atom. The highest BCUT2D eigenvalue weighted by Crippen LogP contribution is 2.25. The summed E-state index contributed by atoms with van der Waals surface area (Å²) < 4.78 is 38.3. The quantitative estimate of drug-likeness (QED) is 0.331. The topological polar surface area (TPSA) is 135 Å². The second-order valence-electron chi connectivity index (χ2n) is 7.65. The number of aryl methyl sites for hydroxylation is 1. The summed E-state index contributed by atoms with van der Waals surface area (Å²) in [4.78, 5) is 14.2. The molecule has 0 atom stereocenters. The number of likely N-dealkylation sites (N-methyl/N-ethyl adjacent to an activating group) is 1. The second kappa shape index (κ2) is 9.29. The standard InChI is InChI=1S/C24H21N3O5S/c1-15-4-7-23(33(29,30)31)18(10-15)8-9-27(3)20-6-5-17-11-21(16(2)19(13-25)14-26)24(28)32-22(17)12-20/h4-7,10-12H,8-9H2,1-3H3,(H,29,30,31). The van der Waals surface area contributed by atoms with Crippen molar-refractivity contribution in [3.8, 4) is 12.1 Å². The molecule has 8 nitrogen and oxygen atoms in total. The molecule has 0 saturated carbocycles. The summed E-state index contributed by atoms with van der Waals surface area (Å²) in [6.07, 6.45) is 0.364. The van der Waals surface area contributed by atoms with E-state index >= 15 is 0 Å². The summed E-state index contributed by atoms with van der Waals surface area (Å²) in [6, 6.07) is 15.1. The van der Waals surface area contributed by atoms with Crippen molar-refractivity contribution < 1.29 is 17.4 Å². The lowest BCUT2D eigenvalue weighted by Gasteiger charge is -2.20. The van der Waals surface area contributed by atoms with E-state index in [0.29, 0.717) is 29.5 Å². The molecule has 0 aliphatic rings. The predicted molar refractivity (Wildman–Crippen MR) is 124 cm³/mol. The predicted octanol–water partition coefficient (Wildman–Crippen LogP) is 3.85. The minimum absolute atomic E-state index is 0.115. The van der Waals surface area contributed by atoms with Crippen LogP contribution >= 0.6 is 0 Å². The van der Waals surface area contributed by atoms with Crippen LogP contribution in [0.5, 0.6) is 0 Å². The molecular weight excluding hydrogens is 442 g/mol. The Morgan fingerprint density at radius 1 is 1.12 bits per heavy atom. The van der Waals surface area contributed by atoms with Crippen LogP contribution in [0, 0.1) is 29.6 Å². The Hall–Kier alpha value is -3.92. The fourth-order valence-electron chi connectivity index (χ4n) is 3.50. The highest BCUT2D eigenvalue weighted by Gasteiger charge is 2.16. The maximum Gasteiger partial charge on any atom is 0.343 e. The maximum atomic E-state index is 12.5. The van der Waals surface area contributed by atoms with Crippen LogP contribution in [-0.2, 0) is 16.5 Å². The average molecular weight is 464 g/mol. The van der Waals surface area contributed by atoms with E-state index < -0.39 is 15.7 Å².